The fourth-order valence-corrected chi connectivity index (χ4v) is 4.26. The highest BCUT2D eigenvalue weighted by Crippen LogP contribution is 2.40. The zero-order valence-corrected chi connectivity index (χ0v) is 14.8. The molecule has 124 valence electrons. The predicted octanol–water partition coefficient (Wildman–Crippen LogP) is 3.53. The number of carbonyl (C=O) groups is 1. The van der Waals surface area contributed by atoms with Crippen molar-refractivity contribution in [2.75, 3.05) is 12.0 Å². The maximum Gasteiger partial charge on any atom is 0.351 e. The van der Waals surface area contributed by atoms with E-state index >= 15 is 0 Å². The standard InChI is InChI=1S/C16H11BrFNO4S/c1-23-16(20)15-9-19(12-4-2-3-10(17)7-12)13-6-5-11(18)8-14(13)24(15,21)22/h2-9H,1H3. The van der Waals surface area contributed by atoms with Gasteiger partial charge >= 0.3 is 5.97 Å². The minimum Gasteiger partial charge on any atom is -0.465 e. The minimum atomic E-state index is -4.17. The molecule has 1 aliphatic rings. The molecule has 1 aliphatic heterocycles. The Morgan fingerprint density at radius 2 is 1.96 bits per heavy atom. The number of methoxy groups -OCH3 is 1. The smallest absolute Gasteiger partial charge is 0.351 e. The van der Waals surface area contributed by atoms with Gasteiger partial charge in [-0.25, -0.2) is 17.6 Å². The molecule has 0 N–H and O–H groups in total. The van der Waals surface area contributed by atoms with Crippen molar-refractivity contribution in [1.29, 1.82) is 0 Å². The number of fused-ring (bicyclic) bond motifs is 1. The molecule has 0 bridgehead atoms. The van der Waals surface area contributed by atoms with E-state index in [1.165, 1.54) is 17.2 Å². The number of rotatable bonds is 2. The third kappa shape index (κ3) is 2.71. The number of esters is 1. The van der Waals surface area contributed by atoms with Gasteiger partial charge in [-0.2, -0.15) is 0 Å². The van der Waals surface area contributed by atoms with Crippen molar-refractivity contribution in [3.8, 4) is 0 Å². The van der Waals surface area contributed by atoms with E-state index in [0.717, 1.165) is 23.7 Å². The second-order valence-electron chi connectivity index (χ2n) is 4.95. The molecule has 24 heavy (non-hydrogen) atoms. The first kappa shape index (κ1) is 16.7. The van der Waals surface area contributed by atoms with E-state index in [9.17, 15) is 17.6 Å². The lowest BCUT2D eigenvalue weighted by Crippen LogP contribution is -2.26. The molecule has 8 heteroatoms. The topological polar surface area (TPSA) is 63.7 Å². The number of sulfone groups is 1. The summed E-state index contributed by atoms with van der Waals surface area (Å²) in [4.78, 5) is 12.6. The average Bonchev–Trinajstić information content (AvgIpc) is 2.55. The van der Waals surface area contributed by atoms with Gasteiger partial charge in [-0.1, -0.05) is 22.0 Å². The van der Waals surface area contributed by atoms with Crippen LogP contribution in [0.3, 0.4) is 0 Å². The minimum absolute atomic E-state index is 0.252. The van der Waals surface area contributed by atoms with Gasteiger partial charge in [-0.05, 0) is 36.4 Å². The first-order chi connectivity index (χ1) is 11.3. The first-order valence-corrected chi connectivity index (χ1v) is 9.02. The van der Waals surface area contributed by atoms with Crippen LogP contribution in [-0.2, 0) is 19.4 Å². The number of carbonyl (C=O) groups excluding carboxylic acids is 1. The van der Waals surface area contributed by atoms with Crippen LogP contribution < -0.4 is 4.90 Å². The lowest BCUT2D eigenvalue weighted by molar-refractivity contribution is -0.135. The van der Waals surface area contributed by atoms with Crippen LogP contribution in [0, 0.1) is 5.82 Å². The second-order valence-corrected chi connectivity index (χ2v) is 7.75. The Hall–Kier alpha value is -2.19. The number of hydrogen-bond donors (Lipinski definition) is 0. The summed E-state index contributed by atoms with van der Waals surface area (Å²) < 4.78 is 44.2. The fraction of sp³-hybridized carbons (Fsp3) is 0.0625. The van der Waals surface area contributed by atoms with Crippen LogP contribution in [0.15, 0.2) is 62.9 Å². The van der Waals surface area contributed by atoms with Crippen molar-refractivity contribution in [1.82, 2.24) is 0 Å². The van der Waals surface area contributed by atoms with E-state index in [1.54, 1.807) is 24.3 Å². The van der Waals surface area contributed by atoms with Crippen molar-refractivity contribution >= 4 is 43.1 Å². The van der Waals surface area contributed by atoms with E-state index in [0.29, 0.717) is 5.69 Å². The van der Waals surface area contributed by atoms with Crippen molar-refractivity contribution < 1.29 is 22.3 Å². The Morgan fingerprint density at radius 3 is 2.62 bits per heavy atom. The molecule has 0 unspecified atom stereocenters. The molecule has 2 aromatic carbocycles. The molecular formula is C16H11BrFNO4S. The van der Waals surface area contributed by atoms with Gasteiger partial charge < -0.3 is 9.64 Å². The molecule has 2 aromatic rings. The van der Waals surface area contributed by atoms with Crippen LogP contribution in [-0.4, -0.2) is 21.5 Å². The zero-order valence-electron chi connectivity index (χ0n) is 12.4. The summed E-state index contributed by atoms with van der Waals surface area (Å²) in [5, 5.41) is 0. The van der Waals surface area contributed by atoms with Crippen molar-refractivity contribution in [2.24, 2.45) is 0 Å². The number of anilines is 2. The van der Waals surface area contributed by atoms with Crippen LogP contribution in [0.25, 0.3) is 0 Å². The molecule has 5 nitrogen and oxygen atoms in total. The molecular weight excluding hydrogens is 401 g/mol. The van der Waals surface area contributed by atoms with Gasteiger partial charge in [0, 0.05) is 16.4 Å². The monoisotopic (exact) mass is 411 g/mol. The molecule has 0 fully saturated rings. The first-order valence-electron chi connectivity index (χ1n) is 6.74. The van der Waals surface area contributed by atoms with Crippen LogP contribution in [0.1, 0.15) is 0 Å². The molecule has 0 aliphatic carbocycles. The SMILES string of the molecule is COC(=O)C1=CN(c2cccc(Br)c2)c2ccc(F)cc2S1(=O)=O. The Balaban J connectivity index is 2.30. The predicted molar refractivity (Wildman–Crippen MR) is 90.0 cm³/mol. The summed E-state index contributed by atoms with van der Waals surface area (Å²) in [6.07, 6.45) is 1.18. The number of benzene rings is 2. The fourth-order valence-electron chi connectivity index (χ4n) is 2.38. The van der Waals surface area contributed by atoms with Crippen molar-refractivity contribution in [2.45, 2.75) is 4.90 Å². The Labute approximate surface area is 146 Å². The second kappa shape index (κ2) is 6.03. The largest absolute Gasteiger partial charge is 0.465 e. The maximum atomic E-state index is 13.6. The highest BCUT2D eigenvalue weighted by Gasteiger charge is 2.36. The third-order valence-corrected chi connectivity index (χ3v) is 5.73. The van der Waals surface area contributed by atoms with Gasteiger partial charge in [0.2, 0.25) is 9.84 Å². The summed E-state index contributed by atoms with van der Waals surface area (Å²) in [7, 11) is -3.09. The van der Waals surface area contributed by atoms with Gasteiger partial charge in [0.05, 0.1) is 17.7 Å². The van der Waals surface area contributed by atoms with E-state index < -0.39 is 26.5 Å². The summed E-state index contributed by atoms with van der Waals surface area (Å²) in [5.74, 6) is -1.72. The molecule has 0 saturated heterocycles. The lowest BCUT2D eigenvalue weighted by Gasteiger charge is -2.28. The van der Waals surface area contributed by atoms with Gasteiger partial charge in [0.25, 0.3) is 0 Å². The van der Waals surface area contributed by atoms with E-state index in [4.69, 9.17) is 0 Å². The summed E-state index contributed by atoms with van der Waals surface area (Å²) in [6.45, 7) is 0. The van der Waals surface area contributed by atoms with Crippen LogP contribution in [0.5, 0.6) is 0 Å². The van der Waals surface area contributed by atoms with Crippen LogP contribution in [0.2, 0.25) is 0 Å². The van der Waals surface area contributed by atoms with Crippen LogP contribution in [0.4, 0.5) is 15.8 Å². The summed E-state index contributed by atoms with van der Waals surface area (Å²) in [5.41, 5.74) is 0.857. The Morgan fingerprint density at radius 1 is 1.21 bits per heavy atom. The summed E-state index contributed by atoms with van der Waals surface area (Å²) in [6, 6.07) is 10.5. The van der Waals surface area contributed by atoms with Gasteiger partial charge in [-0.3, -0.25) is 0 Å². The highest BCUT2D eigenvalue weighted by molar-refractivity contribution is 9.10. The quantitative estimate of drug-likeness (QED) is 0.707. The van der Waals surface area contributed by atoms with Gasteiger partial charge in [0.15, 0.2) is 4.91 Å². The molecule has 3 rings (SSSR count). The Kier molecular flexibility index (Phi) is 4.18. The Bertz CT molecular complexity index is 972. The van der Waals surface area contributed by atoms with E-state index in [-0.39, 0.29) is 10.6 Å². The average molecular weight is 412 g/mol. The normalized spacial score (nSPS) is 15.5. The van der Waals surface area contributed by atoms with Gasteiger partial charge in [0.1, 0.15) is 5.82 Å². The highest BCUT2D eigenvalue weighted by atomic mass is 79.9. The van der Waals surface area contributed by atoms with E-state index in [1.807, 2.05) is 0 Å². The molecule has 0 saturated carbocycles. The molecule has 1 heterocycles. The van der Waals surface area contributed by atoms with Gasteiger partial charge in [-0.15, -0.1) is 0 Å². The molecule has 0 spiro atoms. The molecule has 0 amide bonds. The van der Waals surface area contributed by atoms with E-state index in [2.05, 4.69) is 20.7 Å². The lowest BCUT2D eigenvalue weighted by atomic mass is 10.2. The number of ether oxygens (including phenoxy) is 1. The number of halogens is 2. The molecule has 0 radical (unpaired) electrons. The maximum absolute atomic E-state index is 13.6. The van der Waals surface area contributed by atoms with Crippen molar-refractivity contribution in [3.05, 3.63) is 63.9 Å². The summed E-state index contributed by atoms with van der Waals surface area (Å²) >= 11 is 3.34. The third-order valence-electron chi connectivity index (χ3n) is 3.48. The number of nitrogens with zero attached hydrogens (tertiary/aromatic N) is 1. The number of hydrogen-bond acceptors (Lipinski definition) is 5. The molecule has 0 atom stereocenters. The van der Waals surface area contributed by atoms with Crippen molar-refractivity contribution in [3.63, 3.8) is 0 Å². The molecule has 0 aromatic heterocycles. The van der Waals surface area contributed by atoms with Crippen LogP contribution >= 0.6 is 15.9 Å². The zero-order chi connectivity index (χ0) is 17.5.